The molecule has 7 heteroatoms. The fourth-order valence-electron chi connectivity index (χ4n) is 1.98. The average Bonchev–Trinajstić information content (AvgIpc) is 2.36. The lowest BCUT2D eigenvalue weighted by molar-refractivity contribution is 0.0952. The van der Waals surface area contributed by atoms with Gasteiger partial charge in [-0.15, -0.1) is 0 Å². The summed E-state index contributed by atoms with van der Waals surface area (Å²) in [4.78, 5) is 11.9. The van der Waals surface area contributed by atoms with Crippen LogP contribution in [0.15, 0.2) is 24.3 Å². The summed E-state index contributed by atoms with van der Waals surface area (Å²) in [6.07, 6.45) is 1.79. The lowest BCUT2D eigenvalue weighted by atomic mass is 10.2. The van der Waals surface area contributed by atoms with Crippen LogP contribution in [0.4, 0.5) is 0 Å². The summed E-state index contributed by atoms with van der Waals surface area (Å²) >= 11 is 2.16. The number of amides is 1. The second kappa shape index (κ2) is 8.09. The van der Waals surface area contributed by atoms with Gasteiger partial charge in [0.1, 0.15) is 0 Å². The van der Waals surface area contributed by atoms with Crippen molar-refractivity contribution in [1.82, 2.24) is 9.62 Å². The highest BCUT2D eigenvalue weighted by molar-refractivity contribution is 14.1. The largest absolute Gasteiger partial charge is 0.352 e. The van der Waals surface area contributed by atoms with E-state index in [1.165, 1.54) is 10.6 Å². The minimum atomic E-state index is -3.20. The van der Waals surface area contributed by atoms with E-state index in [4.69, 9.17) is 0 Å². The first-order chi connectivity index (χ1) is 9.71. The second-order valence-electron chi connectivity index (χ2n) is 5.09. The maximum absolute atomic E-state index is 11.9. The molecule has 0 unspecified atom stereocenters. The molecule has 1 N–H and O–H groups in total. The highest BCUT2D eigenvalue weighted by Gasteiger charge is 2.19. The van der Waals surface area contributed by atoms with Crippen molar-refractivity contribution in [2.24, 2.45) is 0 Å². The Morgan fingerprint density at radius 1 is 1.38 bits per heavy atom. The van der Waals surface area contributed by atoms with Gasteiger partial charge in [-0.25, -0.2) is 8.42 Å². The quantitative estimate of drug-likeness (QED) is 0.539. The predicted molar refractivity (Wildman–Crippen MR) is 92.8 cm³/mol. The van der Waals surface area contributed by atoms with Crippen LogP contribution < -0.4 is 5.32 Å². The Labute approximate surface area is 140 Å². The third-order valence-electron chi connectivity index (χ3n) is 2.93. The van der Waals surface area contributed by atoms with Gasteiger partial charge in [0, 0.05) is 28.3 Å². The maximum atomic E-state index is 11.9. The lowest BCUT2D eigenvalue weighted by Gasteiger charge is -2.23. The molecule has 0 aliphatic heterocycles. The number of halogens is 1. The molecule has 0 heterocycles. The molecular weight excluding hydrogens is 403 g/mol. The van der Waals surface area contributed by atoms with E-state index in [-0.39, 0.29) is 11.9 Å². The van der Waals surface area contributed by atoms with E-state index in [9.17, 15) is 13.2 Å². The molecule has 0 spiro atoms. The van der Waals surface area contributed by atoms with Crippen LogP contribution in [0.1, 0.15) is 30.6 Å². The van der Waals surface area contributed by atoms with Gasteiger partial charge < -0.3 is 5.32 Å². The van der Waals surface area contributed by atoms with Crippen molar-refractivity contribution in [1.29, 1.82) is 0 Å². The van der Waals surface area contributed by atoms with E-state index in [0.717, 1.165) is 3.57 Å². The van der Waals surface area contributed by atoms with Crippen molar-refractivity contribution in [3.63, 3.8) is 0 Å². The molecule has 0 aliphatic carbocycles. The van der Waals surface area contributed by atoms with E-state index in [2.05, 4.69) is 27.9 Å². The monoisotopic (exact) mass is 424 g/mol. The van der Waals surface area contributed by atoms with Gasteiger partial charge >= 0.3 is 0 Å². The molecule has 0 aromatic heterocycles. The summed E-state index contributed by atoms with van der Waals surface area (Å²) in [6.45, 7) is 4.53. The SMILES string of the molecule is CC(C)N(CCCNC(=O)c1cccc(I)c1)S(C)(=O)=O. The van der Waals surface area contributed by atoms with Gasteiger partial charge in [0.15, 0.2) is 0 Å². The molecule has 1 aromatic carbocycles. The highest BCUT2D eigenvalue weighted by Crippen LogP contribution is 2.08. The number of nitrogens with one attached hydrogen (secondary N) is 1. The first-order valence-electron chi connectivity index (χ1n) is 6.72. The topological polar surface area (TPSA) is 66.5 Å². The lowest BCUT2D eigenvalue weighted by Crippen LogP contribution is -2.38. The summed E-state index contributed by atoms with van der Waals surface area (Å²) in [6, 6.07) is 7.25. The van der Waals surface area contributed by atoms with Crippen molar-refractivity contribution in [3.8, 4) is 0 Å². The van der Waals surface area contributed by atoms with Gasteiger partial charge in [-0.3, -0.25) is 4.79 Å². The fourth-order valence-corrected chi connectivity index (χ4v) is 3.75. The third kappa shape index (κ3) is 6.31. The number of sulfonamides is 1. The van der Waals surface area contributed by atoms with Gasteiger partial charge in [-0.2, -0.15) is 4.31 Å². The molecule has 0 saturated carbocycles. The van der Waals surface area contributed by atoms with Gasteiger partial charge in [-0.05, 0) is 61.1 Å². The van der Waals surface area contributed by atoms with Crippen LogP contribution in [-0.2, 0) is 10.0 Å². The average molecular weight is 424 g/mol. The van der Waals surface area contributed by atoms with Crippen molar-refractivity contribution >= 4 is 38.5 Å². The Hall–Kier alpha value is -0.670. The Morgan fingerprint density at radius 3 is 2.57 bits per heavy atom. The molecular formula is C14H21IN2O3S. The number of nitrogens with zero attached hydrogens (tertiary/aromatic N) is 1. The normalized spacial score (nSPS) is 11.9. The van der Waals surface area contributed by atoms with Crippen LogP contribution in [0.25, 0.3) is 0 Å². The van der Waals surface area contributed by atoms with Crippen molar-refractivity contribution in [2.45, 2.75) is 26.3 Å². The van der Waals surface area contributed by atoms with E-state index >= 15 is 0 Å². The van der Waals surface area contributed by atoms with Crippen LogP contribution in [0.3, 0.4) is 0 Å². The zero-order chi connectivity index (χ0) is 16.0. The molecule has 1 rings (SSSR count). The molecule has 0 saturated heterocycles. The van der Waals surface area contributed by atoms with Crippen molar-refractivity contribution in [3.05, 3.63) is 33.4 Å². The summed E-state index contributed by atoms with van der Waals surface area (Å²) in [7, 11) is -3.20. The summed E-state index contributed by atoms with van der Waals surface area (Å²) < 4.78 is 25.6. The van der Waals surface area contributed by atoms with E-state index in [1.807, 2.05) is 32.0 Å². The van der Waals surface area contributed by atoms with Crippen LogP contribution in [-0.4, -0.2) is 44.0 Å². The van der Waals surface area contributed by atoms with Crippen molar-refractivity contribution < 1.29 is 13.2 Å². The molecule has 0 bridgehead atoms. The van der Waals surface area contributed by atoms with Crippen LogP contribution >= 0.6 is 22.6 Å². The Balaban J connectivity index is 2.45. The molecule has 21 heavy (non-hydrogen) atoms. The van der Waals surface area contributed by atoms with E-state index < -0.39 is 10.0 Å². The molecule has 0 atom stereocenters. The van der Waals surface area contributed by atoms with Crippen LogP contribution in [0.5, 0.6) is 0 Å². The van der Waals surface area contributed by atoms with Gasteiger partial charge in [0.05, 0.1) is 6.26 Å². The minimum absolute atomic E-state index is 0.0774. The molecule has 0 aliphatic rings. The fraction of sp³-hybridized carbons (Fsp3) is 0.500. The predicted octanol–water partition coefficient (Wildman–Crippen LogP) is 2.08. The molecule has 5 nitrogen and oxygen atoms in total. The summed E-state index contributed by atoms with van der Waals surface area (Å²) in [5.74, 6) is -0.135. The van der Waals surface area contributed by atoms with E-state index in [0.29, 0.717) is 25.1 Å². The van der Waals surface area contributed by atoms with E-state index in [1.54, 1.807) is 6.07 Å². The number of hydrogen-bond acceptors (Lipinski definition) is 3. The number of carbonyl (C=O) groups is 1. The zero-order valence-corrected chi connectivity index (χ0v) is 15.4. The Bertz CT molecular complexity index is 588. The van der Waals surface area contributed by atoms with Gasteiger partial charge in [-0.1, -0.05) is 6.07 Å². The number of carbonyl (C=O) groups excluding carboxylic acids is 1. The molecule has 0 fully saturated rings. The smallest absolute Gasteiger partial charge is 0.251 e. The Morgan fingerprint density at radius 2 is 2.05 bits per heavy atom. The van der Waals surface area contributed by atoms with Crippen LogP contribution in [0.2, 0.25) is 0 Å². The summed E-state index contributed by atoms with van der Waals surface area (Å²) in [5, 5.41) is 2.81. The number of benzene rings is 1. The highest BCUT2D eigenvalue weighted by atomic mass is 127. The Kier molecular flexibility index (Phi) is 7.08. The number of hydrogen-bond donors (Lipinski definition) is 1. The first kappa shape index (κ1) is 18.4. The standard InChI is InChI=1S/C14H21IN2O3S/c1-11(2)17(21(3,19)20)9-5-8-16-14(18)12-6-4-7-13(15)10-12/h4,6-7,10-11H,5,8-9H2,1-3H3,(H,16,18). The third-order valence-corrected chi connectivity index (χ3v) is 5.06. The molecule has 0 radical (unpaired) electrons. The zero-order valence-electron chi connectivity index (χ0n) is 12.5. The van der Waals surface area contributed by atoms with Crippen LogP contribution in [0, 0.1) is 3.57 Å². The molecule has 1 amide bonds. The first-order valence-corrected chi connectivity index (χ1v) is 9.65. The molecule has 118 valence electrons. The second-order valence-corrected chi connectivity index (χ2v) is 8.27. The summed E-state index contributed by atoms with van der Waals surface area (Å²) in [5.41, 5.74) is 0.616. The van der Waals surface area contributed by atoms with Gasteiger partial charge in [0.2, 0.25) is 10.0 Å². The number of rotatable bonds is 7. The van der Waals surface area contributed by atoms with Gasteiger partial charge in [0.25, 0.3) is 5.91 Å². The maximum Gasteiger partial charge on any atom is 0.251 e. The minimum Gasteiger partial charge on any atom is -0.352 e. The molecule has 1 aromatic rings. The van der Waals surface area contributed by atoms with Crippen molar-refractivity contribution in [2.75, 3.05) is 19.3 Å².